The number of alkyl halides is 3. The lowest BCUT2D eigenvalue weighted by Gasteiger charge is -2.11. The number of benzene rings is 1. The Bertz CT molecular complexity index is 619. The van der Waals surface area contributed by atoms with Crippen LogP contribution in [0.25, 0.3) is 11.1 Å². The first-order chi connectivity index (χ1) is 8.80. The Morgan fingerprint density at radius 2 is 1.79 bits per heavy atom. The summed E-state index contributed by atoms with van der Waals surface area (Å²) in [4.78, 5) is 3.37. The zero-order valence-corrected chi connectivity index (χ0v) is 9.72. The first-order valence-corrected chi connectivity index (χ1v) is 5.29. The van der Waals surface area contributed by atoms with Gasteiger partial charge in [0.15, 0.2) is 0 Å². The number of pyridine rings is 1. The van der Waals surface area contributed by atoms with Gasteiger partial charge in [-0.15, -0.1) is 0 Å². The topological polar surface area (TPSA) is 12.9 Å². The van der Waals surface area contributed by atoms with E-state index in [2.05, 4.69) is 4.98 Å². The van der Waals surface area contributed by atoms with Crippen LogP contribution in [0, 0.1) is 18.7 Å². The third-order valence-electron chi connectivity index (χ3n) is 2.63. The average molecular weight is 273 g/mol. The third kappa shape index (κ3) is 2.57. The van der Waals surface area contributed by atoms with Gasteiger partial charge < -0.3 is 0 Å². The summed E-state index contributed by atoms with van der Waals surface area (Å²) in [6.07, 6.45) is -3.77. The first kappa shape index (κ1) is 13.5. The van der Waals surface area contributed by atoms with Gasteiger partial charge in [0.1, 0.15) is 5.82 Å². The van der Waals surface area contributed by atoms with Crippen LogP contribution in [-0.2, 0) is 6.18 Å². The monoisotopic (exact) mass is 273 g/mol. The molecule has 1 nitrogen and oxygen atoms in total. The highest BCUT2D eigenvalue weighted by Crippen LogP contribution is 2.35. The SMILES string of the molecule is Cc1cc(-c2cccc(C(F)(F)F)c2F)cnc1F. The minimum Gasteiger partial charge on any atom is -0.227 e. The lowest BCUT2D eigenvalue weighted by molar-refractivity contribution is -0.139. The highest BCUT2D eigenvalue weighted by Gasteiger charge is 2.34. The molecule has 0 radical (unpaired) electrons. The number of hydrogen-bond donors (Lipinski definition) is 0. The van der Waals surface area contributed by atoms with Gasteiger partial charge in [0, 0.05) is 22.9 Å². The summed E-state index contributed by atoms with van der Waals surface area (Å²) in [7, 11) is 0. The summed E-state index contributed by atoms with van der Waals surface area (Å²) < 4.78 is 64.6. The molecule has 0 aliphatic heterocycles. The van der Waals surface area contributed by atoms with E-state index in [-0.39, 0.29) is 16.7 Å². The molecule has 0 atom stereocenters. The second-order valence-electron chi connectivity index (χ2n) is 4.00. The molecule has 0 N–H and O–H groups in total. The van der Waals surface area contributed by atoms with Gasteiger partial charge in [-0.2, -0.15) is 17.6 Å². The summed E-state index contributed by atoms with van der Waals surface area (Å²) in [5.41, 5.74) is -1.38. The molecule has 19 heavy (non-hydrogen) atoms. The Balaban J connectivity index is 2.60. The Labute approximate surface area is 105 Å². The summed E-state index contributed by atoms with van der Waals surface area (Å²) >= 11 is 0. The summed E-state index contributed by atoms with van der Waals surface area (Å²) in [6, 6.07) is 4.20. The molecule has 1 aromatic heterocycles. The number of aryl methyl sites for hydroxylation is 1. The van der Waals surface area contributed by atoms with E-state index in [9.17, 15) is 22.0 Å². The third-order valence-corrected chi connectivity index (χ3v) is 2.63. The van der Waals surface area contributed by atoms with Crippen LogP contribution < -0.4 is 0 Å². The van der Waals surface area contributed by atoms with Crippen LogP contribution in [-0.4, -0.2) is 4.98 Å². The second kappa shape index (κ2) is 4.60. The van der Waals surface area contributed by atoms with Crippen molar-refractivity contribution in [3.63, 3.8) is 0 Å². The fourth-order valence-electron chi connectivity index (χ4n) is 1.68. The molecule has 0 saturated heterocycles. The van der Waals surface area contributed by atoms with Gasteiger partial charge >= 0.3 is 6.18 Å². The fraction of sp³-hybridized carbons (Fsp3) is 0.154. The highest BCUT2D eigenvalue weighted by atomic mass is 19.4. The smallest absolute Gasteiger partial charge is 0.227 e. The Morgan fingerprint density at radius 1 is 1.11 bits per heavy atom. The lowest BCUT2D eigenvalue weighted by Crippen LogP contribution is -2.08. The molecule has 100 valence electrons. The van der Waals surface area contributed by atoms with Crippen molar-refractivity contribution in [2.24, 2.45) is 0 Å². The van der Waals surface area contributed by atoms with E-state index in [0.29, 0.717) is 6.07 Å². The van der Waals surface area contributed by atoms with Crippen molar-refractivity contribution in [2.45, 2.75) is 13.1 Å². The second-order valence-corrected chi connectivity index (χ2v) is 4.00. The van der Waals surface area contributed by atoms with Crippen LogP contribution in [0.15, 0.2) is 30.5 Å². The van der Waals surface area contributed by atoms with Crippen LogP contribution in [0.5, 0.6) is 0 Å². The number of nitrogens with zero attached hydrogens (tertiary/aromatic N) is 1. The maximum absolute atomic E-state index is 13.8. The van der Waals surface area contributed by atoms with Crippen LogP contribution in [0.2, 0.25) is 0 Å². The molecule has 0 saturated carbocycles. The van der Waals surface area contributed by atoms with Crippen LogP contribution >= 0.6 is 0 Å². The minimum atomic E-state index is -4.78. The van der Waals surface area contributed by atoms with E-state index in [4.69, 9.17) is 0 Å². The number of rotatable bonds is 1. The van der Waals surface area contributed by atoms with E-state index in [0.717, 1.165) is 12.3 Å². The van der Waals surface area contributed by atoms with E-state index >= 15 is 0 Å². The molecule has 0 spiro atoms. The fourth-order valence-corrected chi connectivity index (χ4v) is 1.68. The van der Waals surface area contributed by atoms with Gasteiger partial charge in [0.05, 0.1) is 5.56 Å². The van der Waals surface area contributed by atoms with Gasteiger partial charge in [0.2, 0.25) is 5.95 Å². The van der Waals surface area contributed by atoms with Crippen molar-refractivity contribution in [3.05, 3.63) is 53.4 Å². The average Bonchev–Trinajstić information content (AvgIpc) is 2.32. The Morgan fingerprint density at radius 3 is 2.37 bits per heavy atom. The molecule has 0 aliphatic carbocycles. The molecule has 0 bridgehead atoms. The Kier molecular flexibility index (Phi) is 3.26. The molecule has 6 heteroatoms. The molecular weight excluding hydrogens is 265 g/mol. The molecule has 2 rings (SSSR count). The zero-order chi connectivity index (χ0) is 14.2. The molecule has 0 aliphatic rings. The van der Waals surface area contributed by atoms with Gasteiger partial charge in [-0.05, 0) is 19.1 Å². The highest BCUT2D eigenvalue weighted by molar-refractivity contribution is 5.65. The zero-order valence-electron chi connectivity index (χ0n) is 9.72. The van der Waals surface area contributed by atoms with Crippen molar-refractivity contribution in [1.29, 1.82) is 0 Å². The van der Waals surface area contributed by atoms with Gasteiger partial charge in [-0.1, -0.05) is 12.1 Å². The standard InChI is InChI=1S/C13H8F5N/c1-7-5-8(6-19-12(7)15)9-3-2-4-10(11(9)14)13(16,17)18/h2-6H,1H3. The van der Waals surface area contributed by atoms with Crippen LogP contribution in [0.3, 0.4) is 0 Å². The van der Waals surface area contributed by atoms with E-state index in [1.54, 1.807) is 0 Å². The first-order valence-electron chi connectivity index (χ1n) is 5.29. The number of halogens is 5. The number of aromatic nitrogens is 1. The predicted octanol–water partition coefficient (Wildman–Crippen LogP) is 4.35. The van der Waals surface area contributed by atoms with Crippen molar-refractivity contribution in [2.75, 3.05) is 0 Å². The maximum Gasteiger partial charge on any atom is 0.419 e. The van der Waals surface area contributed by atoms with Crippen LogP contribution in [0.1, 0.15) is 11.1 Å². The normalized spacial score (nSPS) is 11.7. The number of hydrogen-bond acceptors (Lipinski definition) is 1. The molecule has 0 amide bonds. The van der Waals surface area contributed by atoms with Crippen LogP contribution in [0.4, 0.5) is 22.0 Å². The maximum atomic E-state index is 13.8. The summed E-state index contributed by atoms with van der Waals surface area (Å²) in [6.45, 7) is 1.40. The van der Waals surface area contributed by atoms with Crippen molar-refractivity contribution in [1.82, 2.24) is 4.98 Å². The van der Waals surface area contributed by atoms with Crippen molar-refractivity contribution < 1.29 is 22.0 Å². The van der Waals surface area contributed by atoms with Gasteiger partial charge in [-0.3, -0.25) is 0 Å². The van der Waals surface area contributed by atoms with E-state index < -0.39 is 23.5 Å². The van der Waals surface area contributed by atoms with Crippen molar-refractivity contribution >= 4 is 0 Å². The van der Waals surface area contributed by atoms with Crippen molar-refractivity contribution in [3.8, 4) is 11.1 Å². The molecule has 0 fully saturated rings. The Hall–Kier alpha value is -1.98. The predicted molar refractivity (Wildman–Crippen MR) is 59.3 cm³/mol. The lowest BCUT2D eigenvalue weighted by atomic mass is 10.0. The van der Waals surface area contributed by atoms with E-state index in [1.807, 2.05) is 0 Å². The largest absolute Gasteiger partial charge is 0.419 e. The quantitative estimate of drug-likeness (QED) is 0.556. The molecular formula is C13H8F5N. The minimum absolute atomic E-state index is 0.0995. The summed E-state index contributed by atoms with van der Waals surface area (Å²) in [5.74, 6) is -2.13. The molecule has 0 unspecified atom stereocenters. The molecule has 2 aromatic rings. The molecule has 1 heterocycles. The van der Waals surface area contributed by atoms with Gasteiger partial charge in [-0.25, -0.2) is 9.37 Å². The summed E-state index contributed by atoms with van der Waals surface area (Å²) in [5, 5.41) is 0. The van der Waals surface area contributed by atoms with E-state index in [1.165, 1.54) is 19.1 Å². The molecule has 1 aromatic carbocycles. The van der Waals surface area contributed by atoms with Gasteiger partial charge in [0.25, 0.3) is 0 Å².